The summed E-state index contributed by atoms with van der Waals surface area (Å²) in [5.41, 5.74) is 0.938. The normalized spacial score (nSPS) is 16.6. The number of aromatic nitrogens is 1. The minimum Gasteiger partial charge on any atom is -0.497 e. The number of pyridine rings is 1. The number of methoxy groups -OCH3 is 1. The van der Waals surface area contributed by atoms with Gasteiger partial charge in [-0.2, -0.15) is 0 Å². The highest BCUT2D eigenvalue weighted by atomic mass is 32.2. The van der Waals surface area contributed by atoms with E-state index < -0.39 is 0 Å². The Kier molecular flexibility index (Phi) is 5.55. The molecule has 6 nitrogen and oxygen atoms in total. The quantitative estimate of drug-likeness (QED) is 0.836. The SMILES string of the molecule is COc1ccc(Oc2cc(CNC(=O)C3CSCN3)ccn2)cc1. The van der Waals surface area contributed by atoms with Gasteiger partial charge in [-0.05, 0) is 35.9 Å². The lowest BCUT2D eigenvalue weighted by Crippen LogP contribution is -2.41. The largest absolute Gasteiger partial charge is 0.497 e. The summed E-state index contributed by atoms with van der Waals surface area (Å²) >= 11 is 1.73. The molecule has 1 aliphatic heterocycles. The molecule has 0 saturated carbocycles. The molecule has 1 aromatic heterocycles. The van der Waals surface area contributed by atoms with Gasteiger partial charge >= 0.3 is 0 Å². The highest BCUT2D eigenvalue weighted by Gasteiger charge is 2.21. The summed E-state index contributed by atoms with van der Waals surface area (Å²) in [7, 11) is 1.62. The molecular weight excluding hydrogens is 326 g/mol. The number of nitrogens with zero attached hydrogens (tertiary/aromatic N) is 1. The predicted molar refractivity (Wildman–Crippen MR) is 93.4 cm³/mol. The molecule has 2 heterocycles. The summed E-state index contributed by atoms with van der Waals surface area (Å²) in [4.78, 5) is 16.2. The fourth-order valence-electron chi connectivity index (χ4n) is 2.26. The van der Waals surface area contributed by atoms with Crippen molar-refractivity contribution < 1.29 is 14.3 Å². The lowest BCUT2D eigenvalue weighted by Gasteiger charge is -2.11. The van der Waals surface area contributed by atoms with Gasteiger partial charge in [-0.3, -0.25) is 10.1 Å². The van der Waals surface area contributed by atoms with E-state index in [2.05, 4.69) is 15.6 Å². The number of benzene rings is 1. The van der Waals surface area contributed by atoms with Crippen molar-refractivity contribution in [2.24, 2.45) is 0 Å². The van der Waals surface area contributed by atoms with Crippen LogP contribution in [0.2, 0.25) is 0 Å². The Bertz CT molecular complexity index is 688. The van der Waals surface area contributed by atoms with Gasteiger partial charge in [-0.1, -0.05) is 0 Å². The second-order valence-corrected chi connectivity index (χ2v) is 6.30. The number of thioether (sulfide) groups is 1. The third kappa shape index (κ3) is 4.39. The number of carbonyl (C=O) groups excluding carboxylic acids is 1. The molecule has 1 fully saturated rings. The van der Waals surface area contributed by atoms with Gasteiger partial charge in [0.1, 0.15) is 11.5 Å². The van der Waals surface area contributed by atoms with Crippen LogP contribution in [0.25, 0.3) is 0 Å². The van der Waals surface area contributed by atoms with E-state index in [1.54, 1.807) is 25.1 Å². The average Bonchev–Trinajstić information content (AvgIpc) is 3.15. The Balaban J connectivity index is 1.57. The first kappa shape index (κ1) is 16.6. The van der Waals surface area contributed by atoms with Crippen LogP contribution in [0.3, 0.4) is 0 Å². The van der Waals surface area contributed by atoms with Gasteiger partial charge in [0, 0.05) is 30.4 Å². The molecular formula is C17H19N3O3S. The van der Waals surface area contributed by atoms with E-state index in [-0.39, 0.29) is 11.9 Å². The van der Waals surface area contributed by atoms with Crippen molar-refractivity contribution in [2.45, 2.75) is 12.6 Å². The van der Waals surface area contributed by atoms with Crippen LogP contribution in [0.4, 0.5) is 0 Å². The first-order chi connectivity index (χ1) is 11.7. The molecule has 1 saturated heterocycles. The van der Waals surface area contributed by atoms with Gasteiger partial charge in [-0.15, -0.1) is 11.8 Å². The Morgan fingerprint density at radius 3 is 2.83 bits per heavy atom. The van der Waals surface area contributed by atoms with Crippen molar-refractivity contribution in [3.05, 3.63) is 48.2 Å². The molecule has 2 aromatic rings. The standard InChI is InChI=1S/C17H19N3O3S/c1-22-13-2-4-14(5-3-13)23-16-8-12(6-7-18-16)9-19-17(21)15-10-24-11-20-15/h2-8,15,20H,9-11H2,1H3,(H,19,21). The predicted octanol–water partition coefficient (Wildman–Crippen LogP) is 2.16. The number of hydrogen-bond donors (Lipinski definition) is 2. The van der Waals surface area contributed by atoms with Gasteiger partial charge in [0.2, 0.25) is 11.8 Å². The van der Waals surface area contributed by atoms with Crippen LogP contribution in [0.15, 0.2) is 42.6 Å². The molecule has 7 heteroatoms. The molecule has 0 aliphatic carbocycles. The zero-order chi connectivity index (χ0) is 16.8. The second kappa shape index (κ2) is 8.03. The van der Waals surface area contributed by atoms with Gasteiger partial charge in [-0.25, -0.2) is 4.98 Å². The summed E-state index contributed by atoms with van der Waals surface area (Å²) in [6.45, 7) is 0.448. The Hall–Kier alpha value is -2.25. The number of hydrogen-bond acceptors (Lipinski definition) is 6. The van der Waals surface area contributed by atoms with Gasteiger partial charge < -0.3 is 14.8 Å². The van der Waals surface area contributed by atoms with E-state index >= 15 is 0 Å². The minimum absolute atomic E-state index is 0.0226. The van der Waals surface area contributed by atoms with Crippen LogP contribution in [0.1, 0.15) is 5.56 Å². The number of ether oxygens (including phenoxy) is 2. The molecule has 1 aromatic carbocycles. The van der Waals surface area contributed by atoms with Crippen molar-refractivity contribution in [1.82, 2.24) is 15.6 Å². The van der Waals surface area contributed by atoms with E-state index in [1.165, 1.54) is 0 Å². The van der Waals surface area contributed by atoms with Crippen LogP contribution in [-0.4, -0.2) is 35.7 Å². The van der Waals surface area contributed by atoms with Crippen molar-refractivity contribution in [2.75, 3.05) is 18.7 Å². The lowest BCUT2D eigenvalue weighted by molar-refractivity contribution is -0.122. The molecule has 126 valence electrons. The van der Waals surface area contributed by atoms with E-state index in [0.717, 1.165) is 22.9 Å². The zero-order valence-corrected chi connectivity index (χ0v) is 14.1. The topological polar surface area (TPSA) is 72.5 Å². The summed E-state index contributed by atoms with van der Waals surface area (Å²) < 4.78 is 10.8. The maximum atomic E-state index is 12.0. The van der Waals surface area contributed by atoms with Crippen molar-refractivity contribution in [3.63, 3.8) is 0 Å². The molecule has 1 unspecified atom stereocenters. The van der Waals surface area contributed by atoms with Crippen molar-refractivity contribution in [3.8, 4) is 17.4 Å². The van der Waals surface area contributed by atoms with Gasteiger partial charge in [0.25, 0.3) is 0 Å². The highest BCUT2D eigenvalue weighted by Crippen LogP contribution is 2.22. The number of rotatable bonds is 6. The molecule has 0 bridgehead atoms. The van der Waals surface area contributed by atoms with Crippen LogP contribution in [0.5, 0.6) is 17.4 Å². The third-order valence-electron chi connectivity index (χ3n) is 3.58. The maximum Gasteiger partial charge on any atom is 0.238 e. The lowest BCUT2D eigenvalue weighted by atomic mass is 10.2. The molecule has 2 N–H and O–H groups in total. The average molecular weight is 345 g/mol. The smallest absolute Gasteiger partial charge is 0.238 e. The number of nitrogens with one attached hydrogen (secondary N) is 2. The molecule has 1 atom stereocenters. The highest BCUT2D eigenvalue weighted by molar-refractivity contribution is 7.99. The summed E-state index contributed by atoms with van der Waals surface area (Å²) in [5.74, 6) is 3.60. The number of carbonyl (C=O) groups is 1. The second-order valence-electron chi connectivity index (χ2n) is 5.27. The zero-order valence-electron chi connectivity index (χ0n) is 13.3. The van der Waals surface area contributed by atoms with Gasteiger partial charge in [0.05, 0.1) is 13.2 Å². The van der Waals surface area contributed by atoms with E-state index in [4.69, 9.17) is 9.47 Å². The van der Waals surface area contributed by atoms with Crippen LogP contribution in [0, 0.1) is 0 Å². The van der Waals surface area contributed by atoms with Gasteiger partial charge in [0.15, 0.2) is 0 Å². The fraction of sp³-hybridized carbons (Fsp3) is 0.294. The summed E-state index contributed by atoms with van der Waals surface area (Å²) in [6, 6.07) is 10.9. The molecule has 1 aliphatic rings. The Morgan fingerprint density at radius 1 is 1.33 bits per heavy atom. The van der Waals surface area contributed by atoms with E-state index in [9.17, 15) is 4.79 Å². The summed E-state index contributed by atoms with van der Waals surface area (Å²) in [6.07, 6.45) is 1.67. The number of amides is 1. The molecule has 3 rings (SSSR count). The van der Waals surface area contributed by atoms with Crippen molar-refractivity contribution in [1.29, 1.82) is 0 Å². The Labute approximate surface area is 145 Å². The molecule has 1 amide bonds. The van der Waals surface area contributed by atoms with Crippen LogP contribution < -0.4 is 20.1 Å². The first-order valence-corrected chi connectivity index (χ1v) is 8.76. The molecule has 0 radical (unpaired) electrons. The van der Waals surface area contributed by atoms with Crippen LogP contribution >= 0.6 is 11.8 Å². The summed E-state index contributed by atoms with van der Waals surface area (Å²) in [5, 5.41) is 6.08. The molecule has 0 spiro atoms. The Morgan fingerprint density at radius 2 is 2.12 bits per heavy atom. The van der Waals surface area contributed by atoms with E-state index in [1.807, 2.05) is 36.4 Å². The van der Waals surface area contributed by atoms with E-state index in [0.29, 0.717) is 18.2 Å². The monoisotopic (exact) mass is 345 g/mol. The third-order valence-corrected chi connectivity index (χ3v) is 4.52. The van der Waals surface area contributed by atoms with Crippen LogP contribution in [-0.2, 0) is 11.3 Å². The first-order valence-electron chi connectivity index (χ1n) is 7.60. The molecule has 24 heavy (non-hydrogen) atoms. The van der Waals surface area contributed by atoms with Crippen molar-refractivity contribution >= 4 is 17.7 Å². The minimum atomic E-state index is -0.105. The maximum absolute atomic E-state index is 12.0. The fourth-order valence-corrected chi connectivity index (χ4v) is 3.20.